The molecule has 2 atom stereocenters. The van der Waals surface area contributed by atoms with Gasteiger partial charge < -0.3 is 15.1 Å². The third-order valence-corrected chi connectivity index (χ3v) is 10.6. The fourth-order valence-corrected chi connectivity index (χ4v) is 6.86. The number of carbonyl (C=O) groups excluding carboxylic acids is 4. The predicted molar refractivity (Wildman–Crippen MR) is 228 cm³/mol. The predicted octanol–water partition coefficient (Wildman–Crippen LogP) is 7.70. The fraction of sp³-hybridized carbons (Fsp3) is 0.306. The van der Waals surface area contributed by atoms with Crippen molar-refractivity contribution in [1.82, 2.24) is 5.32 Å². The van der Waals surface area contributed by atoms with Crippen LogP contribution in [-0.4, -0.2) is 41.1 Å². The zero-order valence-electron chi connectivity index (χ0n) is 33.8. The molecule has 6 rings (SSSR count). The van der Waals surface area contributed by atoms with E-state index in [-0.39, 0.29) is 75.0 Å². The maximum atomic E-state index is 13.5. The van der Waals surface area contributed by atoms with E-state index < -0.39 is 11.1 Å². The first-order chi connectivity index (χ1) is 29.0. The molecule has 300 valence electrons. The second kappa shape index (κ2) is 19.4. The molecule has 4 aromatic carbocycles. The minimum atomic E-state index is -1.41. The van der Waals surface area contributed by atoms with Crippen molar-refractivity contribution >= 4 is 34.9 Å². The van der Waals surface area contributed by atoms with Gasteiger partial charge in [-0.05, 0) is 80.6 Å². The number of carbonyl (C=O) groups is 4. The van der Waals surface area contributed by atoms with E-state index in [9.17, 15) is 29.7 Å². The molecule has 1 N–H and O–H groups in total. The molecular weight excluding hydrogens is 751 g/mol. The summed E-state index contributed by atoms with van der Waals surface area (Å²) in [6, 6.07) is 34.6. The highest BCUT2D eigenvalue weighted by molar-refractivity contribution is 5.96. The van der Waals surface area contributed by atoms with E-state index in [1.54, 1.807) is 16.7 Å². The third kappa shape index (κ3) is 10.8. The molecule has 11 nitrogen and oxygen atoms in total. The molecule has 0 fully saturated rings. The number of nitrogens with zero attached hydrogens (tertiary/aromatic N) is 6. The van der Waals surface area contributed by atoms with Gasteiger partial charge in [-0.15, -0.1) is 0 Å². The van der Waals surface area contributed by atoms with Crippen molar-refractivity contribution in [1.29, 1.82) is 10.5 Å². The highest BCUT2D eigenvalue weighted by atomic mass is 16.2. The van der Waals surface area contributed by atoms with Crippen LogP contribution in [0.5, 0.6) is 0 Å². The Morgan fingerprint density at radius 3 is 1.55 bits per heavy atom. The van der Waals surface area contributed by atoms with Crippen LogP contribution >= 0.6 is 0 Å². The second-order valence-corrected chi connectivity index (χ2v) is 15.3. The molecule has 60 heavy (non-hydrogen) atoms. The number of para-hydroxylation sites is 2. The Bertz CT molecular complexity index is 2370. The van der Waals surface area contributed by atoms with Crippen molar-refractivity contribution in [2.45, 2.75) is 89.4 Å². The smallest absolute Gasteiger partial charge is 0.229 e. The zero-order valence-corrected chi connectivity index (χ0v) is 33.8. The highest BCUT2D eigenvalue weighted by Gasteiger charge is 2.30. The van der Waals surface area contributed by atoms with Crippen LogP contribution < -0.4 is 15.1 Å². The number of benzene rings is 4. The molecule has 2 unspecified atom stereocenters. The standard InChI is InChI=1S/C49H45N7O4/c1-48(34-50,29-26-42(57)18-11-21-46(59)55-32-40-16-5-3-12-36(40)22-24-38-14-7-9-19-43(38)55)53-54-49(2,35-51)30-27-45(58)52-31-28-47(60)56-33-41-17-6-4-13-37(41)23-25-39-15-8-10-20-44(39)56/h3-10,12-17,19-20H,11,18,21,26-33H2,1-2H3,(H,52,58). The third-order valence-electron chi connectivity index (χ3n) is 10.6. The van der Waals surface area contributed by atoms with Gasteiger partial charge >= 0.3 is 0 Å². The van der Waals surface area contributed by atoms with Gasteiger partial charge in [0.2, 0.25) is 17.7 Å². The zero-order chi connectivity index (χ0) is 42.5. The molecule has 0 bridgehead atoms. The molecule has 2 aliphatic rings. The average molecular weight is 796 g/mol. The summed E-state index contributed by atoms with van der Waals surface area (Å²) in [4.78, 5) is 56.3. The number of hydrogen-bond donors (Lipinski definition) is 1. The van der Waals surface area contributed by atoms with Crippen LogP contribution in [0.1, 0.15) is 98.6 Å². The SMILES string of the molecule is CC(C#N)(CCC(=O)CCCC(=O)N1Cc2ccccc2C#Cc2ccccc21)N=NC(C)(C#N)CCC(=O)NCCC(=O)N1Cc2ccccc2C#Cc2ccccc21. The Kier molecular flexibility index (Phi) is 13.7. The molecule has 0 saturated heterocycles. The summed E-state index contributed by atoms with van der Waals surface area (Å²) in [5.41, 5.74) is 3.75. The number of nitrogens with one attached hydrogen (secondary N) is 1. The molecular formula is C49H45N7O4. The molecule has 3 amide bonds. The van der Waals surface area contributed by atoms with E-state index in [1.807, 2.05) is 97.1 Å². The molecule has 0 radical (unpaired) electrons. The number of rotatable bonds is 15. The van der Waals surface area contributed by atoms with Crippen molar-refractivity contribution in [3.8, 4) is 35.8 Å². The minimum Gasteiger partial charge on any atom is -0.356 e. The lowest BCUT2D eigenvalue weighted by atomic mass is 9.95. The summed E-state index contributed by atoms with van der Waals surface area (Å²) in [7, 11) is 0. The van der Waals surface area contributed by atoms with Crippen LogP contribution in [-0.2, 0) is 32.3 Å². The van der Waals surface area contributed by atoms with Gasteiger partial charge in [0.15, 0.2) is 11.1 Å². The first-order valence-electron chi connectivity index (χ1n) is 20.0. The van der Waals surface area contributed by atoms with Gasteiger partial charge in [-0.3, -0.25) is 19.2 Å². The number of fused-ring (bicyclic) bond motifs is 4. The van der Waals surface area contributed by atoms with Crippen LogP contribution in [0.15, 0.2) is 107 Å². The van der Waals surface area contributed by atoms with Crippen LogP contribution in [0.25, 0.3) is 0 Å². The van der Waals surface area contributed by atoms with Crippen LogP contribution in [0.2, 0.25) is 0 Å². The monoisotopic (exact) mass is 795 g/mol. The topological polar surface area (TPSA) is 159 Å². The van der Waals surface area contributed by atoms with Crippen LogP contribution in [0.3, 0.4) is 0 Å². The Labute approximate surface area is 351 Å². The Morgan fingerprint density at radius 1 is 0.600 bits per heavy atom. The average Bonchev–Trinajstić information content (AvgIpc) is 3.25. The van der Waals surface area contributed by atoms with Gasteiger partial charge in [-0.2, -0.15) is 20.8 Å². The molecule has 2 heterocycles. The van der Waals surface area contributed by atoms with E-state index >= 15 is 0 Å². The Morgan fingerprint density at radius 2 is 1.03 bits per heavy atom. The second-order valence-electron chi connectivity index (χ2n) is 15.3. The van der Waals surface area contributed by atoms with E-state index in [2.05, 4.69) is 51.4 Å². The number of azo groups is 1. The number of anilines is 2. The molecule has 0 aromatic heterocycles. The number of amides is 3. The molecule has 0 aliphatic carbocycles. The lowest BCUT2D eigenvalue weighted by Gasteiger charge is -2.26. The van der Waals surface area contributed by atoms with E-state index in [0.29, 0.717) is 25.2 Å². The normalized spacial score (nSPS) is 14.3. The number of hydrogen-bond acceptors (Lipinski definition) is 8. The van der Waals surface area contributed by atoms with Crippen LogP contribution in [0.4, 0.5) is 11.4 Å². The maximum absolute atomic E-state index is 13.5. The van der Waals surface area contributed by atoms with Gasteiger partial charge in [0, 0.05) is 60.9 Å². The van der Waals surface area contributed by atoms with E-state index in [4.69, 9.17) is 0 Å². The van der Waals surface area contributed by atoms with Crippen molar-refractivity contribution in [3.63, 3.8) is 0 Å². The summed E-state index contributed by atoms with van der Waals surface area (Å²) in [5, 5.41) is 31.1. The highest BCUT2D eigenvalue weighted by Crippen LogP contribution is 2.29. The molecule has 0 spiro atoms. The largest absolute Gasteiger partial charge is 0.356 e. The lowest BCUT2D eigenvalue weighted by molar-refractivity contribution is -0.122. The van der Waals surface area contributed by atoms with Gasteiger partial charge in [0.1, 0.15) is 5.78 Å². The maximum Gasteiger partial charge on any atom is 0.229 e. The Hall–Kier alpha value is -7.34. The van der Waals surface area contributed by atoms with Crippen molar-refractivity contribution in [2.75, 3.05) is 16.3 Å². The summed E-state index contributed by atoms with van der Waals surface area (Å²) < 4.78 is 0. The van der Waals surface area contributed by atoms with Crippen molar-refractivity contribution < 1.29 is 19.2 Å². The van der Waals surface area contributed by atoms with Gasteiger partial charge in [0.25, 0.3) is 0 Å². The van der Waals surface area contributed by atoms with Crippen LogP contribution in [0, 0.1) is 46.3 Å². The Balaban J connectivity index is 0.954. The van der Waals surface area contributed by atoms with E-state index in [0.717, 1.165) is 39.1 Å². The first kappa shape index (κ1) is 42.3. The fourth-order valence-electron chi connectivity index (χ4n) is 6.86. The van der Waals surface area contributed by atoms with Gasteiger partial charge in [-0.25, -0.2) is 0 Å². The molecule has 2 aliphatic heterocycles. The quantitative estimate of drug-likeness (QED) is 0.0959. The lowest BCUT2D eigenvalue weighted by Crippen LogP contribution is -2.35. The first-order valence-corrected chi connectivity index (χ1v) is 20.0. The van der Waals surface area contributed by atoms with Gasteiger partial charge in [0.05, 0.1) is 36.6 Å². The molecule has 4 aromatic rings. The van der Waals surface area contributed by atoms with E-state index in [1.165, 1.54) is 6.92 Å². The number of Topliss-reactive ketones (excluding diaryl/α,β-unsaturated/α-hetero) is 1. The summed E-state index contributed by atoms with van der Waals surface area (Å²) in [6.45, 7) is 3.89. The number of ketones is 1. The minimum absolute atomic E-state index is 0.0237. The molecule has 11 heteroatoms. The summed E-state index contributed by atoms with van der Waals surface area (Å²) in [6.07, 6.45) is 0.787. The van der Waals surface area contributed by atoms with Crippen molar-refractivity contribution in [2.24, 2.45) is 10.2 Å². The number of nitriles is 2. The van der Waals surface area contributed by atoms with Crippen molar-refractivity contribution in [3.05, 3.63) is 130 Å². The summed E-state index contributed by atoms with van der Waals surface area (Å²) in [5.74, 6) is 12.0. The molecule has 0 saturated carbocycles. The van der Waals surface area contributed by atoms with Gasteiger partial charge in [-0.1, -0.05) is 84.3 Å². The summed E-state index contributed by atoms with van der Waals surface area (Å²) >= 11 is 0.